The summed E-state index contributed by atoms with van der Waals surface area (Å²) in [4.78, 5) is 22.7. The number of nitrogens with zero attached hydrogens (tertiary/aromatic N) is 2. The van der Waals surface area contributed by atoms with Crippen molar-refractivity contribution >= 4 is 34.6 Å². The zero-order valence-electron chi connectivity index (χ0n) is 18.1. The molecule has 0 saturated heterocycles. The van der Waals surface area contributed by atoms with Gasteiger partial charge in [-0.1, -0.05) is 71.7 Å². The van der Waals surface area contributed by atoms with Crippen LogP contribution >= 0.6 is 23.2 Å². The van der Waals surface area contributed by atoms with E-state index in [9.17, 15) is 20.2 Å². The van der Waals surface area contributed by atoms with E-state index in [0.29, 0.717) is 32.3 Å². The highest BCUT2D eigenvalue weighted by atomic mass is 35.5. The van der Waals surface area contributed by atoms with Gasteiger partial charge in [0.25, 0.3) is 11.4 Å². The Kier molecular flexibility index (Phi) is 7.41. The fraction of sp³-hybridized carbons (Fsp3) is 0.0769. The van der Waals surface area contributed by atoms with Gasteiger partial charge in [-0.2, -0.15) is 0 Å². The van der Waals surface area contributed by atoms with Crippen LogP contribution in [-0.2, 0) is 4.74 Å². The summed E-state index contributed by atoms with van der Waals surface area (Å²) in [5, 5.41) is 24.7. The van der Waals surface area contributed by atoms with Crippen molar-refractivity contribution in [1.82, 2.24) is 0 Å². The smallest absolute Gasteiger partial charge is 0.275 e. The van der Waals surface area contributed by atoms with E-state index in [0.717, 1.165) is 0 Å². The van der Waals surface area contributed by atoms with Crippen molar-refractivity contribution in [2.75, 3.05) is 0 Å². The summed E-state index contributed by atoms with van der Waals surface area (Å²) < 4.78 is 6.56. The monoisotopic (exact) mass is 508 g/mol. The van der Waals surface area contributed by atoms with Crippen molar-refractivity contribution in [1.29, 1.82) is 0 Å². The molecule has 35 heavy (non-hydrogen) atoms. The van der Waals surface area contributed by atoms with E-state index in [1.54, 1.807) is 84.9 Å². The number of ether oxygens (including phenoxy) is 1. The number of nitro groups is 2. The molecule has 0 aromatic heterocycles. The van der Waals surface area contributed by atoms with Crippen molar-refractivity contribution in [3.63, 3.8) is 0 Å². The third-order valence-corrected chi connectivity index (χ3v) is 5.95. The standard InChI is InChI=1S/C26H18Cl2N2O5/c27-19-13-9-17(10-14-19)25(21-5-1-3-7-23(21)29(31)32)35-26(18-11-15-20(28)16-12-18)22-6-2-4-8-24(22)30(33)34/h1-16,25-26H. The van der Waals surface area contributed by atoms with Gasteiger partial charge >= 0.3 is 0 Å². The largest absolute Gasteiger partial charge is 0.356 e. The van der Waals surface area contributed by atoms with E-state index < -0.39 is 22.1 Å². The molecule has 4 rings (SSSR count). The average Bonchev–Trinajstić information content (AvgIpc) is 2.86. The minimum absolute atomic E-state index is 0.134. The second kappa shape index (κ2) is 10.7. The Bertz CT molecular complexity index is 1260. The van der Waals surface area contributed by atoms with Crippen molar-refractivity contribution in [2.24, 2.45) is 0 Å². The lowest BCUT2D eigenvalue weighted by Gasteiger charge is -2.26. The summed E-state index contributed by atoms with van der Waals surface area (Å²) >= 11 is 12.2. The van der Waals surface area contributed by atoms with Gasteiger partial charge in [-0.3, -0.25) is 20.2 Å². The Labute approximate surface area is 210 Å². The third-order valence-electron chi connectivity index (χ3n) is 5.45. The highest BCUT2D eigenvalue weighted by molar-refractivity contribution is 6.30. The average molecular weight is 509 g/mol. The van der Waals surface area contributed by atoms with Crippen LogP contribution in [0.25, 0.3) is 0 Å². The zero-order chi connectivity index (χ0) is 24.9. The molecule has 0 heterocycles. The van der Waals surface area contributed by atoms with Crippen LogP contribution in [0.1, 0.15) is 34.5 Å². The number of benzene rings is 4. The number of nitro benzene ring substituents is 2. The minimum atomic E-state index is -0.936. The van der Waals surface area contributed by atoms with E-state index >= 15 is 0 Å². The van der Waals surface area contributed by atoms with E-state index in [1.807, 2.05) is 0 Å². The molecule has 2 atom stereocenters. The van der Waals surface area contributed by atoms with Crippen LogP contribution in [-0.4, -0.2) is 9.85 Å². The van der Waals surface area contributed by atoms with E-state index in [2.05, 4.69) is 0 Å². The molecule has 0 saturated carbocycles. The normalized spacial score (nSPS) is 12.6. The quantitative estimate of drug-likeness (QED) is 0.179. The van der Waals surface area contributed by atoms with Crippen molar-refractivity contribution in [2.45, 2.75) is 12.2 Å². The fourth-order valence-electron chi connectivity index (χ4n) is 3.83. The maximum Gasteiger partial charge on any atom is 0.275 e. The Morgan fingerprint density at radius 2 is 0.914 bits per heavy atom. The van der Waals surface area contributed by atoms with Gasteiger partial charge in [0.1, 0.15) is 12.2 Å². The molecule has 0 radical (unpaired) electrons. The molecule has 0 aliphatic heterocycles. The Balaban J connectivity index is 1.92. The van der Waals surface area contributed by atoms with Gasteiger partial charge in [-0.05, 0) is 47.5 Å². The first-order valence-electron chi connectivity index (χ1n) is 10.5. The first-order chi connectivity index (χ1) is 16.8. The summed E-state index contributed by atoms with van der Waals surface area (Å²) in [5.74, 6) is 0. The molecule has 176 valence electrons. The van der Waals surface area contributed by atoms with Crippen LogP contribution in [0, 0.1) is 20.2 Å². The number of rotatable bonds is 8. The van der Waals surface area contributed by atoms with Gasteiger partial charge in [0, 0.05) is 22.2 Å². The van der Waals surface area contributed by atoms with Crippen LogP contribution in [0.15, 0.2) is 97.1 Å². The molecule has 0 fully saturated rings. The van der Waals surface area contributed by atoms with Crippen LogP contribution in [0.4, 0.5) is 11.4 Å². The lowest BCUT2D eigenvalue weighted by molar-refractivity contribution is -0.386. The van der Waals surface area contributed by atoms with Gasteiger partial charge < -0.3 is 4.74 Å². The molecule has 0 aliphatic rings. The molecule has 0 aliphatic carbocycles. The number of hydrogen-bond donors (Lipinski definition) is 0. The summed E-state index contributed by atoms with van der Waals surface area (Å²) in [7, 11) is 0. The van der Waals surface area contributed by atoms with Gasteiger partial charge in [0.2, 0.25) is 0 Å². The van der Waals surface area contributed by atoms with Crippen molar-refractivity contribution in [3.05, 3.63) is 150 Å². The lowest BCUT2D eigenvalue weighted by Crippen LogP contribution is -2.15. The van der Waals surface area contributed by atoms with Crippen LogP contribution in [0.3, 0.4) is 0 Å². The molecular formula is C26H18Cl2N2O5. The fourth-order valence-corrected chi connectivity index (χ4v) is 4.08. The highest BCUT2D eigenvalue weighted by Crippen LogP contribution is 2.41. The van der Waals surface area contributed by atoms with Gasteiger partial charge in [-0.15, -0.1) is 0 Å². The summed E-state index contributed by atoms with van der Waals surface area (Å²) in [6, 6.07) is 26.0. The number of halogens is 2. The summed E-state index contributed by atoms with van der Waals surface area (Å²) in [5.41, 5.74) is 1.53. The van der Waals surface area contributed by atoms with E-state index in [1.165, 1.54) is 12.1 Å². The second-order valence-corrected chi connectivity index (χ2v) is 8.50. The second-order valence-electron chi connectivity index (χ2n) is 7.63. The highest BCUT2D eigenvalue weighted by Gasteiger charge is 2.31. The summed E-state index contributed by atoms with van der Waals surface area (Å²) in [6.45, 7) is 0. The molecule has 7 nitrogen and oxygen atoms in total. The molecule has 0 bridgehead atoms. The maximum atomic E-state index is 11.8. The Morgan fingerprint density at radius 1 is 0.571 bits per heavy atom. The maximum absolute atomic E-state index is 11.8. The number of hydrogen-bond acceptors (Lipinski definition) is 5. The van der Waals surface area contributed by atoms with Crippen LogP contribution in [0.2, 0.25) is 10.0 Å². The first-order valence-corrected chi connectivity index (χ1v) is 11.2. The first kappa shape index (κ1) is 24.3. The zero-order valence-corrected chi connectivity index (χ0v) is 19.6. The van der Waals surface area contributed by atoms with Crippen molar-refractivity contribution < 1.29 is 14.6 Å². The number of para-hydroxylation sites is 2. The molecule has 4 aromatic carbocycles. The van der Waals surface area contributed by atoms with Crippen LogP contribution in [0.5, 0.6) is 0 Å². The van der Waals surface area contributed by atoms with Gasteiger partial charge in [-0.25, -0.2) is 0 Å². The minimum Gasteiger partial charge on any atom is -0.356 e. The van der Waals surface area contributed by atoms with Gasteiger partial charge in [0.05, 0.1) is 21.0 Å². The molecule has 0 spiro atoms. The molecule has 0 N–H and O–H groups in total. The topological polar surface area (TPSA) is 95.5 Å². The molecule has 4 aromatic rings. The van der Waals surface area contributed by atoms with E-state index in [4.69, 9.17) is 27.9 Å². The molecule has 2 unspecified atom stereocenters. The third kappa shape index (κ3) is 5.49. The SMILES string of the molecule is O=[N+]([O-])c1ccccc1C(OC(c1ccc(Cl)cc1)c1ccccc1[N+](=O)[O-])c1ccc(Cl)cc1. The van der Waals surface area contributed by atoms with Crippen LogP contribution < -0.4 is 0 Å². The molecular weight excluding hydrogens is 491 g/mol. The summed E-state index contributed by atoms with van der Waals surface area (Å²) in [6.07, 6.45) is -1.87. The van der Waals surface area contributed by atoms with Gasteiger partial charge in [0.15, 0.2) is 0 Å². The van der Waals surface area contributed by atoms with E-state index in [-0.39, 0.29) is 11.4 Å². The predicted octanol–water partition coefficient (Wildman–Crippen LogP) is 7.71. The van der Waals surface area contributed by atoms with Crippen molar-refractivity contribution in [3.8, 4) is 0 Å². The lowest BCUT2D eigenvalue weighted by atomic mass is 9.96. The molecule has 9 heteroatoms. The Morgan fingerprint density at radius 3 is 1.26 bits per heavy atom. The molecule has 0 amide bonds. The predicted molar refractivity (Wildman–Crippen MR) is 134 cm³/mol. The Hall–Kier alpha value is -3.78.